The van der Waals surface area contributed by atoms with Crippen molar-refractivity contribution < 1.29 is 28.9 Å². The molecule has 0 aliphatic heterocycles. The number of carboxylic acid groups (broad SMARTS) is 1. The van der Waals surface area contributed by atoms with E-state index in [4.69, 9.17) is 14.2 Å². The third-order valence-corrected chi connectivity index (χ3v) is 4.93. The van der Waals surface area contributed by atoms with E-state index in [0.717, 1.165) is 51.4 Å². The molecule has 0 amide bonds. The molecule has 1 unspecified atom stereocenters. The van der Waals surface area contributed by atoms with E-state index in [2.05, 4.69) is 13.8 Å². The molecule has 0 radical (unpaired) electrons. The summed E-state index contributed by atoms with van der Waals surface area (Å²) in [6.45, 7) is 8.82. The maximum atomic E-state index is 12.7. The van der Waals surface area contributed by atoms with Crippen LogP contribution in [0.25, 0.3) is 0 Å². The molecule has 1 rings (SSSR count). The first kappa shape index (κ1) is 25.8. The minimum absolute atomic E-state index is 0.00543. The first-order valence-corrected chi connectivity index (χ1v) is 11.3. The Labute approximate surface area is 180 Å². The summed E-state index contributed by atoms with van der Waals surface area (Å²) in [6, 6.07) is 2.84. The number of hydrogen-bond acceptors (Lipinski definition) is 5. The van der Waals surface area contributed by atoms with Gasteiger partial charge in [0.25, 0.3) is 0 Å². The highest BCUT2D eigenvalue weighted by molar-refractivity contribution is 5.98. The van der Waals surface area contributed by atoms with Crippen molar-refractivity contribution in [2.75, 3.05) is 13.2 Å². The molecule has 0 fully saturated rings. The minimum Gasteiger partial charge on any atom is -0.493 e. The van der Waals surface area contributed by atoms with Crippen LogP contribution in [0.5, 0.6) is 11.5 Å². The van der Waals surface area contributed by atoms with Gasteiger partial charge >= 0.3 is 11.9 Å². The number of unbranched alkanes of at least 4 members (excludes halogenated alkanes) is 6. The highest BCUT2D eigenvalue weighted by atomic mass is 16.5. The number of rotatable bonds is 16. The molecule has 0 saturated heterocycles. The molecule has 0 bridgehead atoms. The second-order valence-corrected chi connectivity index (χ2v) is 7.59. The van der Waals surface area contributed by atoms with Gasteiger partial charge in [-0.1, -0.05) is 59.3 Å². The number of carbonyl (C=O) groups excluding carboxylic acids is 1. The van der Waals surface area contributed by atoms with Crippen molar-refractivity contribution in [2.45, 2.75) is 91.6 Å². The molecule has 6 heteroatoms. The van der Waals surface area contributed by atoms with Gasteiger partial charge in [0, 0.05) is 0 Å². The molecule has 170 valence electrons. The van der Waals surface area contributed by atoms with E-state index in [-0.39, 0.29) is 28.7 Å². The molecule has 0 aliphatic rings. The summed E-state index contributed by atoms with van der Waals surface area (Å²) in [5.74, 6) is -1.24. The van der Waals surface area contributed by atoms with E-state index in [0.29, 0.717) is 19.6 Å². The average molecular weight is 423 g/mol. The summed E-state index contributed by atoms with van der Waals surface area (Å²) < 4.78 is 17.0. The summed E-state index contributed by atoms with van der Waals surface area (Å²) in [7, 11) is 0. The van der Waals surface area contributed by atoms with Crippen LogP contribution in [0.15, 0.2) is 12.1 Å². The third-order valence-electron chi connectivity index (χ3n) is 4.93. The molecule has 1 aromatic rings. The lowest BCUT2D eigenvalue weighted by molar-refractivity contribution is 0.0328. The van der Waals surface area contributed by atoms with E-state index in [1.807, 2.05) is 13.8 Å². The summed E-state index contributed by atoms with van der Waals surface area (Å²) in [4.78, 5) is 24.5. The van der Waals surface area contributed by atoms with Crippen LogP contribution in [-0.2, 0) is 4.74 Å². The maximum Gasteiger partial charge on any atom is 0.342 e. The highest BCUT2D eigenvalue weighted by Crippen LogP contribution is 2.31. The second kappa shape index (κ2) is 14.7. The fourth-order valence-corrected chi connectivity index (χ4v) is 2.88. The van der Waals surface area contributed by atoms with Gasteiger partial charge in [-0.15, -0.1) is 0 Å². The Bertz CT molecular complexity index is 655. The minimum atomic E-state index is -1.11. The standard InChI is InChI=1S/C24H38O6/c1-5-8-10-12-14-28-21-17-20(24(27)30-18(4)7-3)22(16-19(21)23(25)26)29-15-13-11-9-6-2/h16-18H,5-15H2,1-4H3,(H,25,26). The van der Waals surface area contributed by atoms with E-state index in [1.54, 1.807) is 0 Å². The number of benzene rings is 1. The van der Waals surface area contributed by atoms with Crippen molar-refractivity contribution in [3.05, 3.63) is 23.3 Å². The van der Waals surface area contributed by atoms with Crippen LogP contribution in [0.1, 0.15) is 106 Å². The second-order valence-electron chi connectivity index (χ2n) is 7.59. The van der Waals surface area contributed by atoms with Gasteiger partial charge in [0.1, 0.15) is 22.6 Å². The molecule has 1 aromatic carbocycles. The fraction of sp³-hybridized carbons (Fsp3) is 0.667. The van der Waals surface area contributed by atoms with Gasteiger partial charge < -0.3 is 19.3 Å². The Kier molecular flexibility index (Phi) is 12.6. The molecule has 0 aromatic heterocycles. The van der Waals surface area contributed by atoms with Crippen molar-refractivity contribution in [1.29, 1.82) is 0 Å². The number of carboxylic acids is 1. The molecular weight excluding hydrogens is 384 g/mol. The number of carbonyl (C=O) groups is 2. The normalized spacial score (nSPS) is 11.7. The summed E-state index contributed by atoms with van der Waals surface area (Å²) in [6.07, 6.45) is 8.58. The van der Waals surface area contributed by atoms with E-state index in [1.165, 1.54) is 12.1 Å². The molecule has 6 nitrogen and oxygen atoms in total. The SMILES string of the molecule is CCCCCCOc1cc(C(=O)OC(C)CC)c(OCCCCCC)cc1C(=O)O. The fourth-order valence-electron chi connectivity index (χ4n) is 2.88. The Morgan fingerprint density at radius 1 is 0.833 bits per heavy atom. The zero-order valence-electron chi connectivity index (χ0n) is 19.0. The van der Waals surface area contributed by atoms with Gasteiger partial charge in [0.15, 0.2) is 0 Å². The summed E-state index contributed by atoms with van der Waals surface area (Å²) in [5.41, 5.74) is 0.202. The molecule has 1 atom stereocenters. The van der Waals surface area contributed by atoms with Crippen molar-refractivity contribution >= 4 is 11.9 Å². The van der Waals surface area contributed by atoms with Crippen molar-refractivity contribution in [1.82, 2.24) is 0 Å². The third kappa shape index (κ3) is 9.06. The monoisotopic (exact) mass is 422 g/mol. The van der Waals surface area contributed by atoms with Crippen molar-refractivity contribution in [3.63, 3.8) is 0 Å². The Hall–Kier alpha value is -2.24. The average Bonchev–Trinajstić information content (AvgIpc) is 2.73. The van der Waals surface area contributed by atoms with Gasteiger partial charge in [-0.2, -0.15) is 0 Å². The molecule has 0 spiro atoms. The van der Waals surface area contributed by atoms with Crippen LogP contribution in [0, 0.1) is 0 Å². The van der Waals surface area contributed by atoms with Crippen LogP contribution < -0.4 is 9.47 Å². The lowest BCUT2D eigenvalue weighted by atomic mass is 10.1. The van der Waals surface area contributed by atoms with Crippen LogP contribution in [-0.4, -0.2) is 36.4 Å². The van der Waals surface area contributed by atoms with Gasteiger partial charge in [0.2, 0.25) is 0 Å². The van der Waals surface area contributed by atoms with Crippen LogP contribution in [0.3, 0.4) is 0 Å². The zero-order valence-corrected chi connectivity index (χ0v) is 19.0. The van der Waals surface area contributed by atoms with Crippen LogP contribution >= 0.6 is 0 Å². The Balaban J connectivity index is 3.07. The predicted molar refractivity (Wildman–Crippen MR) is 118 cm³/mol. The lowest BCUT2D eigenvalue weighted by Crippen LogP contribution is -2.16. The predicted octanol–water partition coefficient (Wildman–Crippen LogP) is 6.26. The van der Waals surface area contributed by atoms with Crippen LogP contribution in [0.2, 0.25) is 0 Å². The molecule has 0 aliphatic carbocycles. The van der Waals surface area contributed by atoms with Gasteiger partial charge in [-0.3, -0.25) is 0 Å². The molecule has 1 N–H and O–H groups in total. The number of esters is 1. The van der Waals surface area contributed by atoms with Gasteiger partial charge in [0.05, 0.1) is 19.3 Å². The molecule has 0 heterocycles. The van der Waals surface area contributed by atoms with E-state index in [9.17, 15) is 14.7 Å². The lowest BCUT2D eigenvalue weighted by Gasteiger charge is -2.17. The van der Waals surface area contributed by atoms with Crippen molar-refractivity contribution in [2.24, 2.45) is 0 Å². The van der Waals surface area contributed by atoms with E-state index >= 15 is 0 Å². The number of aromatic carboxylic acids is 1. The van der Waals surface area contributed by atoms with Gasteiger partial charge in [-0.25, -0.2) is 9.59 Å². The van der Waals surface area contributed by atoms with Gasteiger partial charge in [-0.05, 0) is 38.3 Å². The number of hydrogen-bond donors (Lipinski definition) is 1. The summed E-state index contributed by atoms with van der Waals surface area (Å²) >= 11 is 0. The molecular formula is C24H38O6. The number of ether oxygens (including phenoxy) is 3. The zero-order chi connectivity index (χ0) is 22.4. The maximum absolute atomic E-state index is 12.7. The topological polar surface area (TPSA) is 82.1 Å². The smallest absolute Gasteiger partial charge is 0.342 e. The quantitative estimate of drug-likeness (QED) is 0.250. The van der Waals surface area contributed by atoms with E-state index < -0.39 is 11.9 Å². The van der Waals surface area contributed by atoms with Crippen molar-refractivity contribution in [3.8, 4) is 11.5 Å². The largest absolute Gasteiger partial charge is 0.493 e. The Morgan fingerprint density at radius 2 is 1.33 bits per heavy atom. The Morgan fingerprint density at radius 3 is 1.80 bits per heavy atom. The summed E-state index contributed by atoms with van der Waals surface area (Å²) in [5, 5.41) is 9.63. The molecule has 0 saturated carbocycles. The molecule has 30 heavy (non-hydrogen) atoms. The first-order valence-electron chi connectivity index (χ1n) is 11.3. The van der Waals surface area contributed by atoms with Crippen LogP contribution in [0.4, 0.5) is 0 Å². The highest BCUT2D eigenvalue weighted by Gasteiger charge is 2.23. The first-order chi connectivity index (χ1) is 14.4.